The molecule has 3 aromatic rings. The van der Waals surface area contributed by atoms with Crippen LogP contribution in [0.4, 0.5) is 5.69 Å². The molecule has 34 heavy (non-hydrogen) atoms. The van der Waals surface area contributed by atoms with E-state index < -0.39 is 5.41 Å². The summed E-state index contributed by atoms with van der Waals surface area (Å²) in [7, 11) is 5.43. The van der Waals surface area contributed by atoms with E-state index >= 15 is 0 Å². The van der Waals surface area contributed by atoms with Gasteiger partial charge in [0.15, 0.2) is 16.9 Å². The van der Waals surface area contributed by atoms with E-state index in [1.165, 1.54) is 15.6 Å². The molecule has 4 rings (SSSR count). The van der Waals surface area contributed by atoms with Crippen LogP contribution in [0, 0.1) is 5.41 Å². The Kier molecular flexibility index (Phi) is 6.69. The minimum atomic E-state index is -0.580. The summed E-state index contributed by atoms with van der Waals surface area (Å²) in [4.78, 5) is 14.0. The second-order valence-electron chi connectivity index (χ2n) is 9.37. The maximum Gasteiger partial charge on any atom is 0.231 e. The fraction of sp³-hybridized carbons (Fsp3) is 0.333. The number of nitrogens with zero attached hydrogens (tertiary/aromatic N) is 2. The number of carbonyl (C=O) groups excluding carboxylic acids is 1. The molecular weight excluding hydrogens is 466 g/mol. The van der Waals surface area contributed by atoms with Crippen LogP contribution < -0.4 is 19.1 Å². The number of carbonyl (C=O) groups is 1. The first-order valence-electron chi connectivity index (χ1n) is 11.4. The van der Waals surface area contributed by atoms with Crippen LogP contribution in [0.1, 0.15) is 26.3 Å². The minimum absolute atomic E-state index is 0.0307. The number of amides is 1. The van der Waals surface area contributed by atoms with E-state index in [2.05, 4.69) is 53.3 Å². The lowest BCUT2D eigenvalue weighted by Gasteiger charge is -2.39. The highest BCUT2D eigenvalue weighted by atomic mass is 35.5. The molecule has 2 aromatic carbocycles. The molecule has 1 atom stereocenters. The van der Waals surface area contributed by atoms with Gasteiger partial charge in [-0.15, -0.1) is 0 Å². The number of methoxy groups -OCH3 is 1. The van der Waals surface area contributed by atoms with Crippen molar-refractivity contribution in [1.82, 2.24) is 9.80 Å². The molecule has 0 spiro atoms. The van der Waals surface area contributed by atoms with E-state index in [1.54, 1.807) is 25.9 Å². The van der Waals surface area contributed by atoms with Crippen LogP contribution in [-0.4, -0.2) is 33.2 Å². The number of quaternary nitrogens is 1. The van der Waals surface area contributed by atoms with Crippen molar-refractivity contribution in [2.45, 2.75) is 25.7 Å². The standard InChI is InChI=1S/C27H31ClN3O2S/c1-7-31(17-27(2,3)26(32)29-4)23-16-20(33-6)9-11-24(23)34-25(31)14-18-12-13-30(5)22-10-8-19(28)15-21(18)22/h8-16H,7,17H2,1-6H3/q+1/p+1/b25-14-. The average molecular weight is 498 g/mol. The van der Waals surface area contributed by atoms with E-state index in [-0.39, 0.29) is 5.91 Å². The van der Waals surface area contributed by atoms with Gasteiger partial charge in [0, 0.05) is 41.9 Å². The first-order valence-corrected chi connectivity index (χ1v) is 12.6. The van der Waals surface area contributed by atoms with Gasteiger partial charge in [0.1, 0.15) is 19.3 Å². The van der Waals surface area contributed by atoms with Gasteiger partial charge in [-0.25, -0.2) is 4.57 Å². The smallest absolute Gasteiger partial charge is 0.231 e. The Hall–Kier alpha value is -2.54. The summed E-state index contributed by atoms with van der Waals surface area (Å²) < 4.78 is 8.25. The number of ether oxygens (including phenoxy) is 1. The number of nitrogens with one attached hydrogen (secondary N) is 1. The number of thioether (sulfide) groups is 1. The number of pyridine rings is 1. The Morgan fingerprint density at radius 1 is 1.24 bits per heavy atom. The van der Waals surface area contributed by atoms with Crippen molar-refractivity contribution in [2.24, 2.45) is 12.5 Å². The van der Waals surface area contributed by atoms with Gasteiger partial charge in [-0.3, -0.25) is 9.28 Å². The van der Waals surface area contributed by atoms with Crippen LogP contribution in [0.25, 0.3) is 17.0 Å². The van der Waals surface area contributed by atoms with E-state index in [0.717, 1.165) is 28.8 Å². The molecule has 0 bridgehead atoms. The van der Waals surface area contributed by atoms with Gasteiger partial charge in [0.2, 0.25) is 11.4 Å². The lowest BCUT2D eigenvalue weighted by atomic mass is 9.90. The highest BCUT2D eigenvalue weighted by molar-refractivity contribution is 8.03. The number of hydrogen-bond donors (Lipinski definition) is 1. The highest BCUT2D eigenvalue weighted by Crippen LogP contribution is 2.54. The number of rotatable bonds is 6. The van der Waals surface area contributed by atoms with Gasteiger partial charge in [-0.05, 0) is 56.8 Å². The van der Waals surface area contributed by atoms with Crippen molar-refractivity contribution in [3.05, 3.63) is 64.3 Å². The van der Waals surface area contributed by atoms with E-state index in [4.69, 9.17) is 16.3 Å². The SMILES string of the molecule is CC[N+]1(CC(C)(C)C(=O)NC)/C(=C/c2cc[n+](C)c3ccc(Cl)cc23)Sc2ccc(OC)cc21. The first kappa shape index (κ1) is 24.6. The summed E-state index contributed by atoms with van der Waals surface area (Å²) >= 11 is 8.15. The van der Waals surface area contributed by atoms with Crippen LogP contribution in [0.2, 0.25) is 5.02 Å². The third kappa shape index (κ3) is 4.19. The number of benzene rings is 2. The van der Waals surface area contributed by atoms with E-state index in [0.29, 0.717) is 16.1 Å². The second kappa shape index (κ2) is 9.25. The number of fused-ring (bicyclic) bond motifs is 2. The number of hydrogen-bond acceptors (Lipinski definition) is 3. The van der Waals surface area contributed by atoms with E-state index in [1.807, 2.05) is 39.1 Å². The summed E-state index contributed by atoms with van der Waals surface area (Å²) in [5.74, 6) is 0.849. The molecule has 1 aliphatic heterocycles. The monoisotopic (exact) mass is 497 g/mol. The molecule has 1 aromatic heterocycles. The molecule has 0 fully saturated rings. The van der Waals surface area contributed by atoms with Crippen LogP contribution in [-0.2, 0) is 11.8 Å². The topological polar surface area (TPSA) is 42.2 Å². The molecule has 1 amide bonds. The van der Waals surface area contributed by atoms with Crippen molar-refractivity contribution in [3.63, 3.8) is 0 Å². The Bertz CT molecular complexity index is 1300. The first-order chi connectivity index (χ1) is 16.1. The molecular formula is C27H32ClN3O2S+2. The Labute approximate surface area is 211 Å². The van der Waals surface area contributed by atoms with Crippen LogP contribution in [0.15, 0.2) is 58.6 Å². The number of aromatic nitrogens is 1. The molecule has 7 heteroatoms. The molecule has 0 aliphatic carbocycles. The third-order valence-electron chi connectivity index (χ3n) is 6.72. The van der Waals surface area contributed by atoms with Crippen LogP contribution in [0.5, 0.6) is 5.75 Å². The fourth-order valence-corrected chi connectivity index (χ4v) is 6.40. The summed E-state index contributed by atoms with van der Waals surface area (Å²) in [5.41, 5.74) is 2.80. The molecule has 0 saturated carbocycles. The van der Waals surface area contributed by atoms with Crippen LogP contribution in [0.3, 0.4) is 0 Å². The molecule has 1 aliphatic rings. The minimum Gasteiger partial charge on any atom is -0.497 e. The van der Waals surface area contributed by atoms with Gasteiger partial charge < -0.3 is 10.1 Å². The largest absolute Gasteiger partial charge is 0.497 e. The normalized spacial score (nSPS) is 18.9. The summed E-state index contributed by atoms with van der Waals surface area (Å²) in [6.07, 6.45) is 4.34. The van der Waals surface area contributed by atoms with Gasteiger partial charge >= 0.3 is 0 Å². The summed E-state index contributed by atoms with van der Waals surface area (Å²) in [6, 6.07) is 14.4. The van der Waals surface area contributed by atoms with Gasteiger partial charge in [0.05, 0.1) is 29.4 Å². The predicted octanol–water partition coefficient (Wildman–Crippen LogP) is 5.53. The predicted molar refractivity (Wildman–Crippen MR) is 142 cm³/mol. The zero-order valence-corrected chi connectivity index (χ0v) is 22.2. The third-order valence-corrected chi connectivity index (χ3v) is 8.19. The zero-order valence-electron chi connectivity index (χ0n) is 20.6. The molecule has 1 N–H and O–H groups in total. The van der Waals surface area contributed by atoms with Crippen molar-refractivity contribution in [3.8, 4) is 5.75 Å². The summed E-state index contributed by atoms with van der Waals surface area (Å²) in [5, 5.41) is 5.84. The highest BCUT2D eigenvalue weighted by Gasteiger charge is 2.49. The second-order valence-corrected chi connectivity index (χ2v) is 10.9. The number of aryl methyl sites for hydroxylation is 1. The van der Waals surface area contributed by atoms with Gasteiger partial charge in [-0.2, -0.15) is 0 Å². The molecule has 0 saturated heterocycles. The maximum absolute atomic E-state index is 12.8. The molecule has 178 valence electrons. The molecule has 0 radical (unpaired) electrons. The number of halogens is 1. The Morgan fingerprint density at radius 2 is 2.00 bits per heavy atom. The van der Waals surface area contributed by atoms with E-state index in [9.17, 15) is 4.79 Å². The van der Waals surface area contributed by atoms with Gasteiger partial charge in [0.25, 0.3) is 0 Å². The van der Waals surface area contributed by atoms with Crippen molar-refractivity contribution < 1.29 is 14.1 Å². The Morgan fingerprint density at radius 3 is 2.68 bits per heavy atom. The van der Waals surface area contributed by atoms with Gasteiger partial charge in [-0.1, -0.05) is 11.6 Å². The Balaban J connectivity index is 1.95. The van der Waals surface area contributed by atoms with Crippen molar-refractivity contribution in [2.75, 3.05) is 27.2 Å². The summed E-state index contributed by atoms with van der Waals surface area (Å²) in [6.45, 7) is 7.64. The molecule has 5 nitrogen and oxygen atoms in total. The fourth-order valence-electron chi connectivity index (χ4n) is 4.87. The molecule has 1 unspecified atom stereocenters. The maximum atomic E-state index is 12.8. The zero-order chi connectivity index (χ0) is 24.7. The lowest BCUT2D eigenvalue weighted by molar-refractivity contribution is -0.644. The van der Waals surface area contributed by atoms with Crippen LogP contribution >= 0.6 is 23.4 Å². The van der Waals surface area contributed by atoms with Crippen molar-refractivity contribution in [1.29, 1.82) is 0 Å². The quantitative estimate of drug-likeness (QED) is 0.359. The lowest BCUT2D eigenvalue weighted by Crippen LogP contribution is -2.54. The molecule has 2 heterocycles. The van der Waals surface area contributed by atoms with Crippen molar-refractivity contribution >= 4 is 51.9 Å². The average Bonchev–Trinajstić information content (AvgIpc) is 3.11.